The maximum absolute atomic E-state index is 13.3. The normalized spacial score (nSPS) is 34.5. The molecule has 80 heavy (non-hydrogen) atoms. The van der Waals surface area contributed by atoms with Crippen molar-refractivity contribution in [1.29, 1.82) is 0 Å². The van der Waals surface area contributed by atoms with Crippen LogP contribution in [0.4, 0.5) is 0 Å². The van der Waals surface area contributed by atoms with Gasteiger partial charge in [0.2, 0.25) is 0 Å². The topological polar surface area (TPSA) is 511 Å². The van der Waals surface area contributed by atoms with Gasteiger partial charge >= 0.3 is 46.9 Å². The van der Waals surface area contributed by atoms with Crippen LogP contribution in [-0.2, 0) is 110 Å². The third-order valence-corrected chi connectivity index (χ3v) is 16.4. The van der Waals surface area contributed by atoms with Gasteiger partial charge in [0.25, 0.3) is 0 Å². The fraction of sp³-hybridized carbons (Fsp3) is 1.00. The highest BCUT2D eigenvalue weighted by molar-refractivity contribution is 7.48. The number of phosphoric acid groups is 6. The lowest BCUT2D eigenvalue weighted by molar-refractivity contribution is -0.163. The molecule has 0 aromatic heterocycles. The van der Waals surface area contributed by atoms with E-state index < -0.39 is 208 Å². The number of hydrogen-bond donors (Lipinski definition) is 12. The van der Waals surface area contributed by atoms with Crippen LogP contribution in [0.5, 0.6) is 0 Å². The zero-order valence-electron chi connectivity index (χ0n) is 42.7. The highest BCUT2D eigenvalue weighted by Gasteiger charge is 2.50. The fourth-order valence-electron chi connectivity index (χ4n) is 6.34. The van der Waals surface area contributed by atoms with Gasteiger partial charge < -0.3 is 88.4 Å². The molecule has 27 atom stereocenters. The minimum absolute atomic E-state index is 0.151. The van der Waals surface area contributed by atoms with Gasteiger partial charge in [0.15, 0.2) is 18.9 Å². The summed E-state index contributed by atoms with van der Waals surface area (Å²) in [6.07, 6.45) is -27.1. The Bertz CT molecular complexity index is 2200. The predicted octanol–water partition coefficient (Wildman–Crippen LogP) is -4.65. The van der Waals surface area contributed by atoms with E-state index in [1.165, 1.54) is 0 Å². The first-order valence-electron chi connectivity index (χ1n) is 23.0. The van der Waals surface area contributed by atoms with Crippen molar-refractivity contribution in [3.8, 4) is 0 Å². The van der Waals surface area contributed by atoms with Gasteiger partial charge in [0, 0.05) is 43.1 Å². The van der Waals surface area contributed by atoms with E-state index in [2.05, 4.69) is 4.52 Å². The van der Waals surface area contributed by atoms with Crippen LogP contribution in [0.1, 0.15) is 34.1 Å². The highest BCUT2D eigenvalue weighted by atomic mass is 31.2. The largest absolute Gasteiger partial charge is 0.474 e. The van der Waals surface area contributed by atoms with E-state index in [-0.39, 0.29) is 6.42 Å². The number of ether oxygens (including phenoxy) is 6. The second kappa shape index (κ2) is 32.2. The highest BCUT2D eigenvalue weighted by Crippen LogP contribution is 2.54. The van der Waals surface area contributed by atoms with E-state index in [1.807, 2.05) is 0 Å². The molecule has 0 amide bonds. The molecule has 48 heteroatoms. The minimum Gasteiger partial charge on any atom is -0.392 e. The Kier molecular flexibility index (Phi) is 30.1. The Balaban J connectivity index is 1.71. The van der Waals surface area contributed by atoms with Crippen LogP contribution in [0.2, 0.25) is 0 Å². The first-order valence-corrected chi connectivity index (χ1v) is 32.0. The van der Waals surface area contributed by atoms with Crippen molar-refractivity contribution in [3.63, 3.8) is 0 Å². The van der Waals surface area contributed by atoms with Crippen LogP contribution < -0.4 is 0 Å². The summed E-state index contributed by atoms with van der Waals surface area (Å²) in [7, 11) is 2.16. The molecule has 3 aliphatic rings. The lowest BCUT2D eigenvalue weighted by atomic mass is 9.93. The number of aliphatic hydroxyl groups is 6. The van der Waals surface area contributed by atoms with E-state index in [0.29, 0.717) is 0 Å². The van der Waals surface area contributed by atoms with Gasteiger partial charge in [0.05, 0.1) is 37.6 Å². The molecular weight excluding hydrogens is 1210 g/mol. The van der Waals surface area contributed by atoms with Crippen molar-refractivity contribution in [2.24, 2.45) is 0 Å². The molecule has 12 radical (unpaired) electrons. The fourth-order valence-corrected chi connectivity index (χ4v) is 11.3. The van der Waals surface area contributed by atoms with Crippen molar-refractivity contribution >= 4 is 94.0 Å². The van der Waals surface area contributed by atoms with E-state index in [9.17, 15) is 87.4 Å². The third kappa shape index (κ3) is 25.0. The summed E-state index contributed by atoms with van der Waals surface area (Å²) in [6, 6.07) is -10.1. The second-order valence-electron chi connectivity index (χ2n) is 17.1. The van der Waals surface area contributed by atoms with Crippen LogP contribution in [0, 0.1) is 0 Å². The molecular formula is C32H60B6O36P6. The van der Waals surface area contributed by atoms with Crippen LogP contribution in [-0.4, -0.2) is 275 Å². The molecule has 12 N–H and O–H groups in total. The molecule has 3 heterocycles. The van der Waals surface area contributed by atoms with Crippen LogP contribution in [0.25, 0.3) is 0 Å². The summed E-state index contributed by atoms with van der Waals surface area (Å²) in [5.74, 6) is 0. The van der Waals surface area contributed by atoms with Crippen molar-refractivity contribution in [2.75, 3.05) is 40.1 Å². The molecule has 3 fully saturated rings. The molecule has 12 unspecified atom stereocenters. The van der Waals surface area contributed by atoms with Crippen LogP contribution in [0.15, 0.2) is 0 Å². The van der Waals surface area contributed by atoms with Crippen molar-refractivity contribution in [3.05, 3.63) is 0 Å². The summed E-state index contributed by atoms with van der Waals surface area (Å²) in [4.78, 5) is 62.5. The summed E-state index contributed by atoms with van der Waals surface area (Å²) in [5, 5.41) is 60.9. The van der Waals surface area contributed by atoms with E-state index in [0.717, 1.165) is 27.9 Å². The molecule has 3 saturated heterocycles. The Morgan fingerprint density at radius 2 is 0.713 bits per heavy atom. The summed E-state index contributed by atoms with van der Waals surface area (Å²) >= 11 is 0. The maximum Gasteiger partial charge on any atom is 0.474 e. The lowest BCUT2D eigenvalue weighted by Crippen LogP contribution is -2.38. The second-order valence-corrected chi connectivity index (χ2v) is 25.7. The molecule has 36 nitrogen and oxygen atoms in total. The number of rotatable bonds is 38. The van der Waals surface area contributed by atoms with Gasteiger partial charge in [0.1, 0.15) is 116 Å². The molecule has 0 aromatic carbocycles. The zero-order chi connectivity index (χ0) is 61.1. The maximum atomic E-state index is 13.3. The van der Waals surface area contributed by atoms with Crippen LogP contribution in [0.3, 0.4) is 0 Å². The third-order valence-electron chi connectivity index (χ3n) is 10.5. The average molecular weight is 1270 g/mol. The monoisotopic (exact) mass is 1270 g/mol. The van der Waals surface area contributed by atoms with Gasteiger partial charge in [-0.1, -0.05) is 6.92 Å². The number of aliphatic hydroxyl groups excluding tert-OH is 6. The van der Waals surface area contributed by atoms with Crippen molar-refractivity contribution in [1.82, 2.24) is 0 Å². The molecule has 3 rings (SSSR count). The summed E-state index contributed by atoms with van der Waals surface area (Å²) < 4.78 is 166. The molecule has 0 spiro atoms. The molecule has 0 aromatic rings. The van der Waals surface area contributed by atoms with Crippen LogP contribution >= 0.6 is 46.9 Å². The lowest BCUT2D eigenvalue weighted by Gasteiger charge is -2.29. The predicted molar refractivity (Wildman–Crippen MR) is 263 cm³/mol. The van der Waals surface area contributed by atoms with Gasteiger partial charge in [-0.2, -0.15) is 0 Å². The Labute approximate surface area is 465 Å². The number of phosphoric ester groups is 6. The van der Waals surface area contributed by atoms with E-state index in [1.54, 1.807) is 6.92 Å². The first-order chi connectivity index (χ1) is 36.6. The number of hydrogen-bond acceptors (Lipinski definition) is 30. The molecule has 0 saturated carbocycles. The van der Waals surface area contributed by atoms with E-state index >= 15 is 0 Å². The van der Waals surface area contributed by atoms with Gasteiger partial charge in [-0.05, 0) is 27.2 Å². The summed E-state index contributed by atoms with van der Waals surface area (Å²) in [6.45, 7) is -1.75. The standard InChI is InChI=1S/C32H60B6O36P6/c1-6-15-24(21(42)30(36)63-15)73-79(53,54)61-10-19(67-28(34)13(3)40)70-77(49,50)59-8-17-26(23(44)32(38)65-17)74-80(55,56)62-11-20(68-29(35)14(4)41)71-78(51,52)60-9-18(66-27(33)12(2)39)69-76(47,48)58-7-16-25(22(43)31(37)64-16)72-75(45,46)57-5/h12-32,39-44H,6-11H2,1-5H3,(H,45,46)(H,47,48)(H,49,50)(H,51,52)(H,53,54)(H,55,56)/t12-,13-,14-,15+,16+,17+,18?,19?,20?,21-,22-,23-,24?,25?,26?,27+,28+,29+,30+,31+,32+/m0/s1. The Morgan fingerprint density at radius 1 is 0.450 bits per heavy atom. The Morgan fingerprint density at radius 3 is 1.00 bits per heavy atom. The van der Waals surface area contributed by atoms with Gasteiger partial charge in [-0.3, -0.25) is 54.3 Å². The Hall–Kier alpha value is 0.570. The smallest absolute Gasteiger partial charge is 0.392 e. The van der Waals surface area contributed by atoms with Crippen molar-refractivity contribution < 1.29 is 170 Å². The SMILES string of the molecule is [B][C@H](OC(COP(=O)(O)OC(COP(=O)(O)OC1[C@@H](COP(=O)(O)OC(COP(=O)(O)OC2[C@@H](CC)O[C@@H]([B])[C@H]2O)O[C@@H]([B])[C@H](C)O)O[C@@H]([B])[C@H]1O)O[C@@H]([B])[C@H](C)O)OP(=O)(O)OC[C@H]1O[C@@H]([B])[C@@H](O)C1OP(=O)(O)OC)[C@H](C)O. The van der Waals surface area contributed by atoms with Crippen molar-refractivity contribution in [2.45, 2.75) is 162 Å². The average Bonchev–Trinajstić information content (AvgIpc) is 3.88. The molecule has 3 aliphatic heterocycles. The van der Waals surface area contributed by atoms with E-state index in [4.69, 9.17) is 125 Å². The zero-order valence-corrected chi connectivity index (χ0v) is 48.0. The molecule has 0 bridgehead atoms. The first kappa shape index (κ1) is 74.8. The van der Waals surface area contributed by atoms with Gasteiger partial charge in [-0.15, -0.1) is 0 Å². The minimum atomic E-state index is -5.73. The van der Waals surface area contributed by atoms with Gasteiger partial charge in [-0.25, -0.2) is 27.4 Å². The molecule has 0 aliphatic carbocycles. The quantitative estimate of drug-likeness (QED) is 0.0157. The summed E-state index contributed by atoms with van der Waals surface area (Å²) in [5.41, 5.74) is 0. The molecule has 452 valence electrons.